The third kappa shape index (κ3) is 3.14. The zero-order valence-electron chi connectivity index (χ0n) is 9.71. The summed E-state index contributed by atoms with van der Waals surface area (Å²) in [6.45, 7) is 3.85. The van der Waals surface area contributed by atoms with E-state index in [9.17, 15) is 9.59 Å². The third-order valence-corrected chi connectivity index (χ3v) is 3.03. The smallest absolute Gasteiger partial charge is 0.286 e. The minimum atomic E-state index is -0.399. The SMILES string of the molecule is O=CC(=O)N1CCN(Cc2ccccc2)CC1. The number of amides is 1. The highest BCUT2D eigenvalue weighted by Gasteiger charge is 2.20. The molecule has 0 unspecified atom stereocenters. The Morgan fingerprint density at radius 2 is 1.76 bits per heavy atom. The van der Waals surface area contributed by atoms with E-state index >= 15 is 0 Å². The van der Waals surface area contributed by atoms with Gasteiger partial charge in [-0.2, -0.15) is 0 Å². The van der Waals surface area contributed by atoms with Gasteiger partial charge in [0.2, 0.25) is 6.29 Å². The molecular formula is C13H16N2O2. The third-order valence-electron chi connectivity index (χ3n) is 3.03. The fraction of sp³-hybridized carbons (Fsp3) is 0.385. The van der Waals surface area contributed by atoms with E-state index in [1.54, 1.807) is 4.90 Å². The van der Waals surface area contributed by atoms with Crippen molar-refractivity contribution in [1.82, 2.24) is 9.80 Å². The number of piperazine rings is 1. The molecule has 1 aromatic rings. The van der Waals surface area contributed by atoms with Gasteiger partial charge in [0.25, 0.3) is 5.91 Å². The van der Waals surface area contributed by atoms with Gasteiger partial charge in [-0.1, -0.05) is 30.3 Å². The summed E-state index contributed by atoms with van der Waals surface area (Å²) in [6.07, 6.45) is 0.396. The standard InChI is InChI=1S/C13H16N2O2/c16-11-13(17)15-8-6-14(7-9-15)10-12-4-2-1-3-5-12/h1-5,11H,6-10H2. The lowest BCUT2D eigenvalue weighted by Crippen LogP contribution is -2.48. The maximum absolute atomic E-state index is 11.2. The first-order valence-corrected chi connectivity index (χ1v) is 5.80. The van der Waals surface area contributed by atoms with Gasteiger partial charge in [-0.25, -0.2) is 0 Å². The second-order valence-corrected chi connectivity index (χ2v) is 4.20. The average molecular weight is 232 g/mol. The summed E-state index contributed by atoms with van der Waals surface area (Å²) in [5.74, 6) is -0.399. The van der Waals surface area contributed by atoms with Crippen molar-refractivity contribution in [2.75, 3.05) is 26.2 Å². The van der Waals surface area contributed by atoms with Crippen LogP contribution in [0.4, 0.5) is 0 Å². The maximum Gasteiger partial charge on any atom is 0.286 e. The zero-order valence-corrected chi connectivity index (χ0v) is 9.71. The first-order chi connectivity index (χ1) is 8.29. The quantitative estimate of drug-likeness (QED) is 0.564. The largest absolute Gasteiger partial charge is 0.334 e. The van der Waals surface area contributed by atoms with Crippen molar-refractivity contribution in [3.8, 4) is 0 Å². The molecule has 90 valence electrons. The normalized spacial score (nSPS) is 16.8. The number of aldehydes is 1. The van der Waals surface area contributed by atoms with E-state index in [1.165, 1.54) is 5.56 Å². The molecule has 1 aliphatic rings. The Morgan fingerprint density at radius 1 is 1.12 bits per heavy atom. The van der Waals surface area contributed by atoms with Crippen LogP contribution in [0, 0.1) is 0 Å². The van der Waals surface area contributed by atoms with Crippen LogP contribution in [-0.4, -0.2) is 48.2 Å². The van der Waals surface area contributed by atoms with Gasteiger partial charge >= 0.3 is 0 Å². The molecule has 2 rings (SSSR count). The van der Waals surface area contributed by atoms with Gasteiger partial charge in [-0.3, -0.25) is 14.5 Å². The summed E-state index contributed by atoms with van der Waals surface area (Å²) < 4.78 is 0. The van der Waals surface area contributed by atoms with Gasteiger partial charge in [0.15, 0.2) is 0 Å². The molecule has 1 saturated heterocycles. The molecule has 1 heterocycles. The Hall–Kier alpha value is -1.68. The predicted molar refractivity (Wildman–Crippen MR) is 64.4 cm³/mol. The fourth-order valence-corrected chi connectivity index (χ4v) is 2.04. The van der Waals surface area contributed by atoms with Crippen LogP contribution in [0.1, 0.15) is 5.56 Å². The number of benzene rings is 1. The summed E-state index contributed by atoms with van der Waals surface area (Å²) in [5, 5.41) is 0. The van der Waals surface area contributed by atoms with Gasteiger partial charge in [-0.15, -0.1) is 0 Å². The van der Waals surface area contributed by atoms with E-state index in [-0.39, 0.29) is 0 Å². The molecule has 1 fully saturated rings. The zero-order chi connectivity index (χ0) is 12.1. The lowest BCUT2D eigenvalue weighted by atomic mass is 10.2. The van der Waals surface area contributed by atoms with Crippen LogP contribution in [0.5, 0.6) is 0 Å². The number of nitrogens with zero attached hydrogens (tertiary/aromatic N) is 2. The van der Waals surface area contributed by atoms with Gasteiger partial charge in [-0.05, 0) is 5.56 Å². The average Bonchev–Trinajstić information content (AvgIpc) is 2.40. The lowest BCUT2D eigenvalue weighted by Gasteiger charge is -2.33. The van der Waals surface area contributed by atoms with Crippen LogP contribution in [0.3, 0.4) is 0 Å². The molecule has 1 amide bonds. The van der Waals surface area contributed by atoms with Crippen molar-refractivity contribution in [1.29, 1.82) is 0 Å². The molecule has 4 nitrogen and oxygen atoms in total. The molecule has 1 aliphatic heterocycles. The van der Waals surface area contributed by atoms with Gasteiger partial charge < -0.3 is 4.90 Å². The lowest BCUT2D eigenvalue weighted by molar-refractivity contribution is -0.140. The van der Waals surface area contributed by atoms with Gasteiger partial charge in [0.05, 0.1) is 0 Å². The summed E-state index contributed by atoms with van der Waals surface area (Å²) in [5.41, 5.74) is 1.28. The molecule has 0 atom stereocenters. The Bertz CT molecular complexity index is 384. The van der Waals surface area contributed by atoms with Crippen molar-refractivity contribution < 1.29 is 9.59 Å². The van der Waals surface area contributed by atoms with E-state index in [0.717, 1.165) is 19.6 Å². The van der Waals surface area contributed by atoms with Crippen LogP contribution in [0.2, 0.25) is 0 Å². The van der Waals surface area contributed by atoms with E-state index < -0.39 is 5.91 Å². The van der Waals surface area contributed by atoms with Gasteiger partial charge in [0, 0.05) is 32.7 Å². The molecule has 0 radical (unpaired) electrons. The van der Waals surface area contributed by atoms with Crippen molar-refractivity contribution in [2.24, 2.45) is 0 Å². The summed E-state index contributed by atoms with van der Waals surface area (Å²) in [7, 11) is 0. The number of hydrogen-bond donors (Lipinski definition) is 0. The number of rotatable bonds is 3. The Kier molecular flexibility index (Phi) is 3.88. The molecular weight excluding hydrogens is 216 g/mol. The second kappa shape index (κ2) is 5.59. The fourth-order valence-electron chi connectivity index (χ4n) is 2.04. The summed E-state index contributed by atoms with van der Waals surface area (Å²) in [4.78, 5) is 25.4. The Labute approximate surface area is 101 Å². The second-order valence-electron chi connectivity index (χ2n) is 4.20. The number of carbonyl (C=O) groups excluding carboxylic acids is 2. The first kappa shape index (κ1) is 11.8. The van der Waals surface area contributed by atoms with Crippen molar-refractivity contribution in [2.45, 2.75) is 6.54 Å². The first-order valence-electron chi connectivity index (χ1n) is 5.80. The summed E-state index contributed by atoms with van der Waals surface area (Å²) in [6, 6.07) is 10.3. The molecule has 0 bridgehead atoms. The molecule has 4 heteroatoms. The molecule has 1 aromatic carbocycles. The van der Waals surface area contributed by atoms with E-state index in [0.29, 0.717) is 19.4 Å². The number of hydrogen-bond acceptors (Lipinski definition) is 3. The molecule has 17 heavy (non-hydrogen) atoms. The highest BCUT2D eigenvalue weighted by Crippen LogP contribution is 2.08. The van der Waals surface area contributed by atoms with Crippen LogP contribution in [0.25, 0.3) is 0 Å². The highest BCUT2D eigenvalue weighted by atomic mass is 16.2. The van der Waals surface area contributed by atoms with E-state index in [1.807, 2.05) is 18.2 Å². The minimum Gasteiger partial charge on any atom is -0.334 e. The summed E-state index contributed by atoms with van der Waals surface area (Å²) >= 11 is 0. The monoisotopic (exact) mass is 232 g/mol. The van der Waals surface area contributed by atoms with Crippen LogP contribution in [0.15, 0.2) is 30.3 Å². The van der Waals surface area contributed by atoms with Crippen LogP contribution in [-0.2, 0) is 16.1 Å². The topological polar surface area (TPSA) is 40.6 Å². The maximum atomic E-state index is 11.2. The molecule has 0 aromatic heterocycles. The molecule has 0 N–H and O–H groups in total. The Morgan fingerprint density at radius 3 is 2.35 bits per heavy atom. The van der Waals surface area contributed by atoms with Crippen molar-refractivity contribution in [3.05, 3.63) is 35.9 Å². The highest BCUT2D eigenvalue weighted by molar-refractivity contribution is 6.23. The van der Waals surface area contributed by atoms with Crippen LogP contribution < -0.4 is 0 Å². The van der Waals surface area contributed by atoms with E-state index in [2.05, 4.69) is 17.0 Å². The molecule has 0 aliphatic carbocycles. The molecule has 0 saturated carbocycles. The molecule has 0 spiro atoms. The van der Waals surface area contributed by atoms with Crippen molar-refractivity contribution in [3.63, 3.8) is 0 Å². The minimum absolute atomic E-state index is 0.396. The van der Waals surface area contributed by atoms with Crippen molar-refractivity contribution >= 4 is 12.2 Å². The number of carbonyl (C=O) groups is 2. The Balaban J connectivity index is 1.83. The van der Waals surface area contributed by atoms with E-state index in [4.69, 9.17) is 0 Å². The van der Waals surface area contributed by atoms with Crippen LogP contribution >= 0.6 is 0 Å². The predicted octanol–water partition coefficient (Wildman–Crippen LogP) is 0.530. The van der Waals surface area contributed by atoms with Gasteiger partial charge in [0.1, 0.15) is 0 Å².